The molecule has 0 amide bonds. The molecule has 1 aliphatic rings. The van der Waals surface area contributed by atoms with Gasteiger partial charge in [0.15, 0.2) is 0 Å². The standard InChI is InChI=1S/C32H68N4/c1-5-7-9-11-13-15-17-19-21-23-26-32-33-30-35(28-25-27-34(3)4)31-36(32)29-24-22-20-18-16-14-12-10-8-6-2/h32-33H,5-31H2,1-4H3. The summed E-state index contributed by atoms with van der Waals surface area (Å²) in [6, 6.07) is 0. The highest BCUT2D eigenvalue weighted by Gasteiger charge is 2.25. The number of unbranched alkanes of at least 4 members (excludes halogenated alkanes) is 18. The Morgan fingerprint density at radius 1 is 0.583 bits per heavy atom. The van der Waals surface area contributed by atoms with Gasteiger partial charge in [0.05, 0.1) is 19.5 Å². The molecule has 216 valence electrons. The van der Waals surface area contributed by atoms with Crippen LogP contribution in [0.2, 0.25) is 0 Å². The Morgan fingerprint density at radius 3 is 1.56 bits per heavy atom. The largest absolute Gasteiger partial charge is 0.309 e. The second-order valence-corrected chi connectivity index (χ2v) is 12.0. The van der Waals surface area contributed by atoms with Gasteiger partial charge in [-0.2, -0.15) is 0 Å². The molecule has 36 heavy (non-hydrogen) atoms. The third-order valence-corrected chi connectivity index (χ3v) is 8.08. The molecule has 0 aromatic carbocycles. The minimum absolute atomic E-state index is 0.600. The Morgan fingerprint density at radius 2 is 1.06 bits per heavy atom. The molecule has 1 rings (SSSR count). The van der Waals surface area contributed by atoms with E-state index in [1.54, 1.807) is 0 Å². The smallest absolute Gasteiger partial charge is 0.0618 e. The molecule has 1 heterocycles. The van der Waals surface area contributed by atoms with Crippen molar-refractivity contribution >= 4 is 0 Å². The average molecular weight is 509 g/mol. The molecule has 1 aliphatic heterocycles. The fourth-order valence-corrected chi connectivity index (χ4v) is 5.67. The van der Waals surface area contributed by atoms with Crippen LogP contribution in [0, 0.1) is 0 Å². The van der Waals surface area contributed by atoms with Crippen LogP contribution in [0.4, 0.5) is 0 Å². The Balaban J connectivity index is 2.22. The normalized spacial score (nSPS) is 17.4. The first-order chi connectivity index (χ1) is 17.7. The molecule has 4 heteroatoms. The van der Waals surface area contributed by atoms with Crippen molar-refractivity contribution < 1.29 is 0 Å². The highest BCUT2D eigenvalue weighted by molar-refractivity contribution is 4.76. The van der Waals surface area contributed by atoms with E-state index in [0.29, 0.717) is 6.17 Å². The topological polar surface area (TPSA) is 21.8 Å². The summed E-state index contributed by atoms with van der Waals surface area (Å²) in [6.45, 7) is 10.5. The third-order valence-electron chi connectivity index (χ3n) is 8.08. The van der Waals surface area contributed by atoms with E-state index in [1.807, 2.05) is 0 Å². The zero-order chi connectivity index (χ0) is 26.1. The highest BCUT2D eigenvalue weighted by atomic mass is 15.5. The highest BCUT2D eigenvalue weighted by Crippen LogP contribution is 2.17. The molecule has 1 N–H and O–H groups in total. The molecular formula is C32H68N4. The summed E-state index contributed by atoms with van der Waals surface area (Å²) in [6.07, 6.45) is 31.8. The van der Waals surface area contributed by atoms with Crippen molar-refractivity contribution in [3.63, 3.8) is 0 Å². The van der Waals surface area contributed by atoms with E-state index in [9.17, 15) is 0 Å². The van der Waals surface area contributed by atoms with Crippen LogP contribution >= 0.6 is 0 Å². The van der Waals surface area contributed by atoms with Gasteiger partial charge in [-0.15, -0.1) is 0 Å². The summed E-state index contributed by atoms with van der Waals surface area (Å²) in [5.41, 5.74) is 0. The van der Waals surface area contributed by atoms with E-state index < -0.39 is 0 Å². The van der Waals surface area contributed by atoms with E-state index >= 15 is 0 Å². The van der Waals surface area contributed by atoms with Crippen molar-refractivity contribution in [3.05, 3.63) is 0 Å². The van der Waals surface area contributed by atoms with Crippen molar-refractivity contribution in [3.8, 4) is 0 Å². The Labute approximate surface area is 228 Å². The molecule has 0 aromatic heterocycles. The van der Waals surface area contributed by atoms with E-state index in [4.69, 9.17) is 0 Å². The van der Waals surface area contributed by atoms with E-state index in [-0.39, 0.29) is 0 Å². The lowest BCUT2D eigenvalue weighted by atomic mass is 10.0. The molecule has 0 bridgehead atoms. The summed E-state index contributed by atoms with van der Waals surface area (Å²) >= 11 is 0. The van der Waals surface area contributed by atoms with Crippen molar-refractivity contribution in [1.82, 2.24) is 20.0 Å². The summed E-state index contributed by atoms with van der Waals surface area (Å²) in [5.74, 6) is 0. The van der Waals surface area contributed by atoms with Gasteiger partial charge in [0.1, 0.15) is 0 Å². The molecule has 1 atom stereocenters. The van der Waals surface area contributed by atoms with Crippen LogP contribution in [0.15, 0.2) is 0 Å². The molecule has 1 saturated heterocycles. The lowest BCUT2D eigenvalue weighted by Gasteiger charge is -2.42. The first-order valence-electron chi connectivity index (χ1n) is 16.5. The zero-order valence-electron chi connectivity index (χ0n) is 25.5. The molecule has 4 nitrogen and oxygen atoms in total. The quantitative estimate of drug-likeness (QED) is 0.118. The Kier molecular flexibility index (Phi) is 23.6. The fraction of sp³-hybridized carbons (Fsp3) is 1.00. The first kappa shape index (κ1) is 33.9. The van der Waals surface area contributed by atoms with Gasteiger partial charge in [-0.05, 0) is 39.9 Å². The zero-order valence-corrected chi connectivity index (χ0v) is 25.5. The van der Waals surface area contributed by atoms with Crippen molar-refractivity contribution in [1.29, 1.82) is 0 Å². The number of nitrogens with zero attached hydrogens (tertiary/aromatic N) is 3. The molecule has 0 radical (unpaired) electrons. The van der Waals surface area contributed by atoms with Gasteiger partial charge in [-0.3, -0.25) is 15.1 Å². The summed E-state index contributed by atoms with van der Waals surface area (Å²) < 4.78 is 0. The lowest BCUT2D eigenvalue weighted by Crippen LogP contribution is -2.59. The predicted octanol–water partition coefficient (Wildman–Crippen LogP) is 8.62. The maximum absolute atomic E-state index is 3.91. The Hall–Kier alpha value is -0.160. The molecule has 0 spiro atoms. The minimum Gasteiger partial charge on any atom is -0.309 e. The van der Waals surface area contributed by atoms with Gasteiger partial charge < -0.3 is 4.90 Å². The van der Waals surface area contributed by atoms with E-state index in [2.05, 4.69) is 48.0 Å². The van der Waals surface area contributed by atoms with Crippen molar-refractivity contribution in [2.75, 3.05) is 47.1 Å². The fourth-order valence-electron chi connectivity index (χ4n) is 5.67. The Bertz CT molecular complexity index is 442. The molecule has 1 unspecified atom stereocenters. The summed E-state index contributed by atoms with van der Waals surface area (Å²) in [4.78, 5) is 7.72. The monoisotopic (exact) mass is 509 g/mol. The van der Waals surface area contributed by atoms with Crippen molar-refractivity contribution in [2.45, 2.75) is 161 Å². The lowest BCUT2D eigenvalue weighted by molar-refractivity contribution is 0.00840. The molecule has 1 fully saturated rings. The average Bonchev–Trinajstić information content (AvgIpc) is 2.87. The minimum atomic E-state index is 0.600. The maximum Gasteiger partial charge on any atom is 0.0618 e. The maximum atomic E-state index is 3.91. The van der Waals surface area contributed by atoms with Gasteiger partial charge in [-0.25, -0.2) is 0 Å². The number of hydrogen-bond acceptors (Lipinski definition) is 4. The van der Waals surface area contributed by atoms with Crippen LogP contribution in [0.25, 0.3) is 0 Å². The molecule has 0 saturated carbocycles. The third kappa shape index (κ3) is 19.9. The summed E-state index contributed by atoms with van der Waals surface area (Å²) in [7, 11) is 4.38. The van der Waals surface area contributed by atoms with E-state index in [0.717, 1.165) is 6.67 Å². The van der Waals surface area contributed by atoms with Gasteiger partial charge in [0, 0.05) is 13.1 Å². The van der Waals surface area contributed by atoms with Crippen molar-refractivity contribution in [2.24, 2.45) is 0 Å². The van der Waals surface area contributed by atoms with Gasteiger partial charge in [-0.1, -0.05) is 136 Å². The SMILES string of the molecule is CCCCCCCCCCCCC1NCN(CCCN(C)C)CN1CCCCCCCCCCCC. The number of hydrogen-bond donors (Lipinski definition) is 1. The predicted molar refractivity (Wildman–Crippen MR) is 162 cm³/mol. The molecular weight excluding hydrogens is 440 g/mol. The number of rotatable bonds is 26. The van der Waals surface area contributed by atoms with Crippen LogP contribution in [0.3, 0.4) is 0 Å². The van der Waals surface area contributed by atoms with Crippen LogP contribution in [0.5, 0.6) is 0 Å². The molecule has 0 aromatic rings. The second-order valence-electron chi connectivity index (χ2n) is 12.0. The summed E-state index contributed by atoms with van der Waals surface area (Å²) in [5, 5.41) is 3.91. The molecule has 0 aliphatic carbocycles. The van der Waals surface area contributed by atoms with Gasteiger partial charge in [0.2, 0.25) is 0 Å². The second kappa shape index (κ2) is 25.1. The van der Waals surface area contributed by atoms with Crippen LogP contribution < -0.4 is 5.32 Å². The van der Waals surface area contributed by atoms with Gasteiger partial charge in [0.25, 0.3) is 0 Å². The first-order valence-corrected chi connectivity index (χ1v) is 16.5. The van der Waals surface area contributed by atoms with Gasteiger partial charge >= 0.3 is 0 Å². The number of nitrogens with one attached hydrogen (secondary N) is 1. The van der Waals surface area contributed by atoms with Crippen LogP contribution in [-0.4, -0.2) is 67.9 Å². The van der Waals surface area contributed by atoms with Crippen LogP contribution in [0.1, 0.15) is 155 Å². The van der Waals surface area contributed by atoms with Crippen LogP contribution in [-0.2, 0) is 0 Å². The van der Waals surface area contributed by atoms with E-state index in [1.165, 1.54) is 168 Å².